The fourth-order valence-electron chi connectivity index (χ4n) is 2.34. The Morgan fingerprint density at radius 2 is 1.95 bits per heavy atom. The fourth-order valence-corrected chi connectivity index (χ4v) is 6.15. The van der Waals surface area contributed by atoms with Crippen molar-refractivity contribution in [1.29, 1.82) is 0 Å². The van der Waals surface area contributed by atoms with E-state index < -0.39 is 37.8 Å². The van der Waals surface area contributed by atoms with Crippen LogP contribution < -0.4 is 0 Å². The zero-order valence-corrected chi connectivity index (χ0v) is 13.9. The van der Waals surface area contributed by atoms with E-state index in [9.17, 15) is 21.9 Å². The maximum atomic E-state index is 12.6. The van der Waals surface area contributed by atoms with E-state index in [-0.39, 0.29) is 15.7 Å². The molecule has 0 aliphatic carbocycles. The van der Waals surface area contributed by atoms with E-state index in [0.29, 0.717) is 5.56 Å². The van der Waals surface area contributed by atoms with Crippen LogP contribution in [0.3, 0.4) is 0 Å². The Bertz CT molecular complexity index is 760. The van der Waals surface area contributed by atoms with Gasteiger partial charge in [-0.1, -0.05) is 17.7 Å². The van der Waals surface area contributed by atoms with Gasteiger partial charge in [0.2, 0.25) is 10.0 Å². The molecule has 0 amide bonds. The lowest BCUT2D eigenvalue weighted by molar-refractivity contribution is 0.137. The molecular weight excluding hydrogens is 338 g/mol. The Morgan fingerprint density at radius 3 is 2.48 bits per heavy atom. The summed E-state index contributed by atoms with van der Waals surface area (Å²) in [5, 5.41) is 10.1. The first-order chi connectivity index (χ1) is 9.54. The summed E-state index contributed by atoms with van der Waals surface area (Å²) in [6, 6.07) is 3.48. The third kappa shape index (κ3) is 3.24. The minimum atomic E-state index is -3.93. The molecule has 1 saturated heterocycles. The van der Waals surface area contributed by atoms with Crippen LogP contribution in [-0.4, -0.2) is 56.9 Å². The number of aliphatic hydroxyl groups is 1. The smallest absolute Gasteiger partial charge is 0.243 e. The number of halogens is 1. The van der Waals surface area contributed by atoms with Gasteiger partial charge in [0, 0.05) is 12.1 Å². The Labute approximate surface area is 129 Å². The maximum Gasteiger partial charge on any atom is 0.243 e. The highest BCUT2D eigenvalue weighted by molar-refractivity contribution is 7.92. The van der Waals surface area contributed by atoms with Gasteiger partial charge in [0.1, 0.15) is 0 Å². The van der Waals surface area contributed by atoms with Crippen molar-refractivity contribution in [2.24, 2.45) is 0 Å². The molecule has 0 radical (unpaired) electrons. The molecule has 21 heavy (non-hydrogen) atoms. The fraction of sp³-hybridized carbons (Fsp3) is 0.500. The molecule has 1 heterocycles. The topological polar surface area (TPSA) is 91.8 Å². The third-order valence-electron chi connectivity index (χ3n) is 3.57. The van der Waals surface area contributed by atoms with Gasteiger partial charge >= 0.3 is 0 Å². The highest BCUT2D eigenvalue weighted by Crippen LogP contribution is 2.27. The summed E-state index contributed by atoms with van der Waals surface area (Å²) in [4.78, 5) is 0.00833. The Morgan fingerprint density at radius 1 is 1.33 bits per heavy atom. The molecule has 1 N–H and O–H groups in total. The van der Waals surface area contributed by atoms with Crippen molar-refractivity contribution < 1.29 is 21.9 Å². The molecule has 0 aromatic heterocycles. The summed E-state index contributed by atoms with van der Waals surface area (Å²) in [5.74, 6) is -0.810. The van der Waals surface area contributed by atoms with E-state index >= 15 is 0 Å². The van der Waals surface area contributed by atoms with Gasteiger partial charge in [-0.25, -0.2) is 16.8 Å². The van der Waals surface area contributed by atoms with Crippen LogP contribution in [0.25, 0.3) is 0 Å². The standard InChI is InChI=1S/C12H16ClNO5S2/c1-8-3-4-9(13)5-12(8)21(18,19)14(2)10-6-20(16,17)7-11(10)15/h3-5,10-11,15H,6-7H2,1-2H3/t10-,11-/m1/s1. The van der Waals surface area contributed by atoms with Crippen molar-refractivity contribution in [3.63, 3.8) is 0 Å². The highest BCUT2D eigenvalue weighted by Gasteiger charge is 2.43. The summed E-state index contributed by atoms with van der Waals surface area (Å²) >= 11 is 5.83. The number of sulfone groups is 1. The predicted octanol–water partition coefficient (Wildman–Crippen LogP) is 0.427. The van der Waals surface area contributed by atoms with Gasteiger partial charge in [-0.15, -0.1) is 0 Å². The second-order valence-electron chi connectivity index (χ2n) is 5.14. The molecule has 1 aliphatic rings. The van der Waals surface area contributed by atoms with Gasteiger partial charge in [-0.3, -0.25) is 0 Å². The molecule has 1 aromatic rings. The first kappa shape index (κ1) is 16.7. The van der Waals surface area contributed by atoms with Crippen molar-refractivity contribution >= 4 is 31.5 Å². The van der Waals surface area contributed by atoms with Crippen LogP contribution in [0.15, 0.2) is 23.1 Å². The Balaban J connectivity index is 2.42. The van der Waals surface area contributed by atoms with E-state index in [1.54, 1.807) is 19.1 Å². The van der Waals surface area contributed by atoms with E-state index in [2.05, 4.69) is 0 Å². The molecular formula is C12H16ClNO5S2. The lowest BCUT2D eigenvalue weighted by Crippen LogP contribution is -2.44. The quantitative estimate of drug-likeness (QED) is 0.850. The monoisotopic (exact) mass is 353 g/mol. The van der Waals surface area contributed by atoms with Crippen molar-refractivity contribution in [2.45, 2.75) is 24.0 Å². The van der Waals surface area contributed by atoms with E-state index in [4.69, 9.17) is 11.6 Å². The maximum absolute atomic E-state index is 12.6. The van der Waals surface area contributed by atoms with Gasteiger partial charge in [0.05, 0.1) is 28.5 Å². The van der Waals surface area contributed by atoms with Crippen LogP contribution in [-0.2, 0) is 19.9 Å². The molecule has 0 spiro atoms. The van der Waals surface area contributed by atoms with Crippen molar-refractivity contribution in [3.8, 4) is 0 Å². The van der Waals surface area contributed by atoms with E-state index in [0.717, 1.165) is 4.31 Å². The van der Waals surface area contributed by atoms with Crippen LogP contribution >= 0.6 is 11.6 Å². The predicted molar refractivity (Wildman–Crippen MR) is 79.6 cm³/mol. The van der Waals surface area contributed by atoms with Crippen LogP contribution in [0, 0.1) is 6.92 Å². The highest BCUT2D eigenvalue weighted by atomic mass is 35.5. The zero-order chi connectivity index (χ0) is 16.0. The largest absolute Gasteiger partial charge is 0.390 e. The molecule has 1 fully saturated rings. The summed E-state index contributed by atoms with van der Waals surface area (Å²) in [6.07, 6.45) is -1.23. The van der Waals surface area contributed by atoms with E-state index in [1.165, 1.54) is 13.1 Å². The molecule has 2 rings (SSSR count). The molecule has 118 valence electrons. The first-order valence-electron chi connectivity index (χ1n) is 6.17. The molecule has 2 atom stereocenters. The van der Waals surface area contributed by atoms with E-state index in [1.807, 2.05) is 0 Å². The number of aryl methyl sites for hydroxylation is 1. The molecule has 0 bridgehead atoms. The molecule has 0 saturated carbocycles. The number of hydrogen-bond donors (Lipinski definition) is 1. The number of likely N-dealkylation sites (N-methyl/N-ethyl adjacent to an activating group) is 1. The SMILES string of the molecule is Cc1ccc(Cl)cc1S(=O)(=O)N(C)[C@@H]1CS(=O)(=O)C[C@H]1O. The second-order valence-corrected chi connectivity index (χ2v) is 9.70. The third-order valence-corrected chi connectivity index (χ3v) is 7.53. The van der Waals surface area contributed by atoms with Gasteiger partial charge < -0.3 is 5.11 Å². The Hall–Kier alpha value is -0.670. The Kier molecular flexibility index (Phi) is 4.38. The van der Waals surface area contributed by atoms with Crippen LogP contribution in [0.2, 0.25) is 5.02 Å². The summed E-state index contributed by atoms with van der Waals surface area (Å²) in [7, 11) is -6.10. The second kappa shape index (κ2) is 5.51. The zero-order valence-electron chi connectivity index (χ0n) is 11.5. The molecule has 1 aromatic carbocycles. The molecule has 6 nitrogen and oxygen atoms in total. The molecule has 9 heteroatoms. The average molecular weight is 354 g/mol. The van der Waals surface area contributed by atoms with Crippen LogP contribution in [0.4, 0.5) is 0 Å². The minimum absolute atomic E-state index is 0.00833. The van der Waals surface area contributed by atoms with Crippen molar-refractivity contribution in [1.82, 2.24) is 4.31 Å². The van der Waals surface area contributed by atoms with Gasteiger partial charge in [-0.2, -0.15) is 4.31 Å². The number of benzene rings is 1. The number of rotatable bonds is 3. The number of hydrogen-bond acceptors (Lipinski definition) is 5. The summed E-state index contributed by atoms with van der Waals surface area (Å²) in [6.45, 7) is 1.62. The van der Waals surface area contributed by atoms with Gasteiger partial charge in [0.25, 0.3) is 0 Å². The number of aliphatic hydroxyl groups excluding tert-OH is 1. The number of sulfonamides is 1. The normalized spacial score (nSPS) is 25.4. The van der Waals surface area contributed by atoms with Crippen LogP contribution in [0.5, 0.6) is 0 Å². The number of nitrogens with zero attached hydrogens (tertiary/aromatic N) is 1. The lowest BCUT2D eigenvalue weighted by Gasteiger charge is -2.26. The lowest BCUT2D eigenvalue weighted by atomic mass is 10.2. The first-order valence-corrected chi connectivity index (χ1v) is 9.81. The summed E-state index contributed by atoms with van der Waals surface area (Å²) < 4.78 is 49.2. The van der Waals surface area contributed by atoms with Crippen molar-refractivity contribution in [2.75, 3.05) is 18.6 Å². The van der Waals surface area contributed by atoms with Crippen LogP contribution in [0.1, 0.15) is 5.56 Å². The van der Waals surface area contributed by atoms with Crippen molar-refractivity contribution in [3.05, 3.63) is 28.8 Å². The van der Waals surface area contributed by atoms with Gasteiger partial charge in [0.15, 0.2) is 9.84 Å². The summed E-state index contributed by atoms with van der Waals surface area (Å²) in [5.41, 5.74) is 0.501. The molecule has 0 unspecified atom stereocenters. The average Bonchev–Trinajstić information content (AvgIpc) is 2.64. The minimum Gasteiger partial charge on any atom is -0.390 e. The molecule has 1 aliphatic heterocycles. The van der Waals surface area contributed by atoms with Gasteiger partial charge in [-0.05, 0) is 24.6 Å².